The van der Waals surface area contributed by atoms with Gasteiger partial charge in [0.1, 0.15) is 13.2 Å². The van der Waals surface area contributed by atoms with Crippen molar-refractivity contribution in [2.24, 2.45) is 0 Å². The molecule has 0 rings (SSSR count). The molecular weight excluding hydrogens is 635 g/mol. The first-order chi connectivity index (χ1) is 23.5. The minimum atomic E-state index is -4.56. The average Bonchev–Trinajstić information content (AvgIpc) is 3.04. The van der Waals surface area contributed by atoms with Crippen molar-refractivity contribution in [3.63, 3.8) is 0 Å². The fraction of sp³-hybridized carbons (Fsp3) is 0.925. The van der Waals surface area contributed by atoms with E-state index >= 15 is 0 Å². The fourth-order valence-electron chi connectivity index (χ4n) is 5.90. The topological polar surface area (TPSA) is 108 Å². The molecule has 0 fully saturated rings. The second kappa shape index (κ2) is 33.1. The number of aliphatic hydroxyl groups is 1. The number of quaternary nitrogens is 1. The van der Waals surface area contributed by atoms with Gasteiger partial charge in [-0.25, -0.2) is 0 Å². The van der Waals surface area contributed by atoms with Crippen molar-refractivity contribution in [2.45, 2.75) is 199 Å². The molecule has 0 aromatic carbocycles. The quantitative estimate of drug-likeness (QED) is 0.0287. The Morgan fingerprint density at radius 1 is 0.694 bits per heavy atom. The monoisotopic (exact) mass is 717 g/mol. The molecule has 0 aromatic heterocycles. The Morgan fingerprint density at radius 3 is 1.65 bits per heavy atom. The Morgan fingerprint density at radius 2 is 1.14 bits per heavy atom. The number of hydrogen-bond acceptors (Lipinski definition) is 6. The third-order valence-corrected chi connectivity index (χ3v) is 10.2. The lowest BCUT2D eigenvalue weighted by atomic mass is 10.0. The number of phosphoric ester groups is 1. The largest absolute Gasteiger partial charge is 0.756 e. The van der Waals surface area contributed by atoms with Gasteiger partial charge >= 0.3 is 0 Å². The highest BCUT2D eigenvalue weighted by Gasteiger charge is 2.24. The molecule has 0 spiro atoms. The summed E-state index contributed by atoms with van der Waals surface area (Å²) in [6.45, 7) is 4.66. The maximum Gasteiger partial charge on any atom is 0.268 e. The minimum Gasteiger partial charge on any atom is -0.756 e. The highest BCUT2D eigenvalue weighted by Crippen LogP contribution is 2.38. The van der Waals surface area contributed by atoms with Crippen LogP contribution in [0.3, 0.4) is 0 Å². The van der Waals surface area contributed by atoms with Crippen LogP contribution in [-0.2, 0) is 18.4 Å². The Balaban J connectivity index is 4.37. The van der Waals surface area contributed by atoms with Crippen molar-refractivity contribution in [1.82, 2.24) is 5.32 Å². The van der Waals surface area contributed by atoms with Crippen LogP contribution in [0.5, 0.6) is 0 Å². The summed E-state index contributed by atoms with van der Waals surface area (Å²) in [4.78, 5) is 25.2. The zero-order valence-electron chi connectivity index (χ0n) is 32.9. The number of phosphoric acid groups is 1. The van der Waals surface area contributed by atoms with Gasteiger partial charge in [0.2, 0.25) is 5.91 Å². The first-order valence-corrected chi connectivity index (χ1v) is 22.0. The summed E-state index contributed by atoms with van der Waals surface area (Å²) < 4.78 is 23.2. The zero-order valence-corrected chi connectivity index (χ0v) is 33.8. The number of rotatable bonds is 37. The van der Waals surface area contributed by atoms with Crippen molar-refractivity contribution in [3.8, 4) is 0 Å². The smallest absolute Gasteiger partial charge is 0.268 e. The van der Waals surface area contributed by atoms with Crippen LogP contribution < -0.4 is 10.2 Å². The lowest BCUT2D eigenvalue weighted by molar-refractivity contribution is -0.870. The van der Waals surface area contributed by atoms with Gasteiger partial charge in [-0.3, -0.25) is 9.36 Å². The Labute approximate surface area is 303 Å². The van der Waals surface area contributed by atoms with Gasteiger partial charge in [-0.1, -0.05) is 161 Å². The number of allylic oxidation sites excluding steroid dienone is 2. The van der Waals surface area contributed by atoms with Crippen molar-refractivity contribution < 1.29 is 32.9 Å². The Kier molecular flexibility index (Phi) is 32.6. The predicted octanol–water partition coefficient (Wildman–Crippen LogP) is 10.2. The number of unbranched alkanes of at least 4 members (excludes halogenated alkanes) is 22. The van der Waals surface area contributed by atoms with Crippen LogP contribution in [-0.4, -0.2) is 68.5 Å². The summed E-state index contributed by atoms with van der Waals surface area (Å²) in [7, 11) is 1.30. The van der Waals surface area contributed by atoms with Crippen LogP contribution in [0.25, 0.3) is 0 Å². The first-order valence-electron chi connectivity index (χ1n) is 20.5. The second-order valence-corrected chi connectivity index (χ2v) is 16.8. The SMILES string of the molecule is CCCC/C=C\CCCCCCC(=O)NC(COP(=O)([O-])OCC[N+](C)(C)C)C(O)CCCCCCCCCCCCCCCCCCC. The molecule has 0 radical (unpaired) electrons. The zero-order chi connectivity index (χ0) is 36.5. The third-order valence-electron chi connectivity index (χ3n) is 9.25. The van der Waals surface area contributed by atoms with E-state index in [4.69, 9.17) is 9.05 Å². The fourth-order valence-corrected chi connectivity index (χ4v) is 6.62. The number of carbonyl (C=O) groups is 1. The van der Waals surface area contributed by atoms with Crippen LogP contribution >= 0.6 is 7.82 Å². The molecule has 9 heteroatoms. The molecule has 2 N–H and O–H groups in total. The first kappa shape index (κ1) is 48.2. The van der Waals surface area contributed by atoms with Gasteiger partial charge in [-0.15, -0.1) is 0 Å². The minimum absolute atomic E-state index is 0.0116. The number of carbonyl (C=O) groups excluding carboxylic acids is 1. The Bertz CT molecular complexity index is 819. The van der Waals surface area contributed by atoms with Gasteiger partial charge in [0.15, 0.2) is 0 Å². The summed E-state index contributed by atoms with van der Waals surface area (Å²) in [6, 6.07) is -0.800. The lowest BCUT2D eigenvalue weighted by Gasteiger charge is -2.30. The normalized spacial score (nSPS) is 14.7. The molecule has 3 unspecified atom stereocenters. The number of aliphatic hydroxyl groups excluding tert-OH is 1. The summed E-state index contributed by atoms with van der Waals surface area (Å²) in [5, 5.41) is 13.8. The van der Waals surface area contributed by atoms with E-state index < -0.39 is 20.0 Å². The predicted molar refractivity (Wildman–Crippen MR) is 205 cm³/mol. The van der Waals surface area contributed by atoms with E-state index in [-0.39, 0.29) is 19.1 Å². The molecule has 292 valence electrons. The second-order valence-electron chi connectivity index (χ2n) is 15.3. The maximum atomic E-state index is 12.8. The molecule has 0 aliphatic carbocycles. The van der Waals surface area contributed by atoms with E-state index in [1.54, 1.807) is 0 Å². The molecule has 8 nitrogen and oxygen atoms in total. The van der Waals surface area contributed by atoms with Crippen LogP contribution in [0.4, 0.5) is 0 Å². The van der Waals surface area contributed by atoms with Crippen molar-refractivity contribution in [2.75, 3.05) is 40.9 Å². The van der Waals surface area contributed by atoms with Gasteiger partial charge < -0.3 is 28.8 Å². The van der Waals surface area contributed by atoms with Gasteiger partial charge in [0.05, 0.1) is 39.9 Å². The highest BCUT2D eigenvalue weighted by atomic mass is 31.2. The molecule has 0 heterocycles. The lowest BCUT2D eigenvalue weighted by Crippen LogP contribution is -2.46. The van der Waals surface area contributed by atoms with E-state index in [1.165, 1.54) is 103 Å². The molecule has 0 aromatic rings. The van der Waals surface area contributed by atoms with E-state index in [1.807, 2.05) is 21.1 Å². The molecule has 0 saturated carbocycles. The molecule has 0 aliphatic heterocycles. The van der Waals surface area contributed by atoms with Crippen LogP contribution in [0.2, 0.25) is 0 Å². The number of amides is 1. The number of nitrogens with one attached hydrogen (secondary N) is 1. The highest BCUT2D eigenvalue weighted by molar-refractivity contribution is 7.45. The van der Waals surface area contributed by atoms with E-state index in [0.717, 1.165) is 57.8 Å². The third kappa shape index (κ3) is 35.4. The van der Waals surface area contributed by atoms with Crippen molar-refractivity contribution in [1.29, 1.82) is 0 Å². The van der Waals surface area contributed by atoms with E-state index in [2.05, 4.69) is 31.3 Å². The average molecular weight is 717 g/mol. The summed E-state index contributed by atoms with van der Waals surface area (Å²) in [5.74, 6) is -0.179. The molecular formula is C40H81N2O6P. The standard InChI is InChI=1S/C40H81N2O6P/c1-6-8-10-12-14-16-18-19-20-21-22-23-24-25-27-29-31-33-39(43)38(37-48-49(45,46)47-36-35-42(3,4)5)41-40(44)34-32-30-28-26-17-15-13-11-9-7-2/h13,15,38-39,43H,6-12,14,16-37H2,1-5H3,(H-,41,44,45,46)/b15-13-. The number of nitrogens with zero attached hydrogens (tertiary/aromatic N) is 1. The summed E-state index contributed by atoms with van der Waals surface area (Å²) in [6.07, 6.45) is 35.0. The van der Waals surface area contributed by atoms with Gasteiger partial charge in [0.25, 0.3) is 7.82 Å². The van der Waals surface area contributed by atoms with Gasteiger partial charge in [-0.05, 0) is 32.1 Å². The molecule has 49 heavy (non-hydrogen) atoms. The Hall–Kier alpha value is -0.760. The van der Waals surface area contributed by atoms with Crippen molar-refractivity contribution in [3.05, 3.63) is 12.2 Å². The van der Waals surface area contributed by atoms with Gasteiger partial charge in [0, 0.05) is 6.42 Å². The van der Waals surface area contributed by atoms with E-state index in [9.17, 15) is 19.4 Å². The van der Waals surface area contributed by atoms with E-state index in [0.29, 0.717) is 23.9 Å². The van der Waals surface area contributed by atoms with Crippen molar-refractivity contribution >= 4 is 13.7 Å². The number of likely N-dealkylation sites (N-methyl/N-ethyl adjacent to an activating group) is 1. The van der Waals surface area contributed by atoms with Crippen LogP contribution in [0, 0.1) is 0 Å². The molecule has 0 saturated heterocycles. The summed E-state index contributed by atoms with van der Waals surface area (Å²) >= 11 is 0. The maximum absolute atomic E-state index is 12.8. The van der Waals surface area contributed by atoms with Gasteiger partial charge in [-0.2, -0.15) is 0 Å². The molecule has 0 bridgehead atoms. The molecule has 1 amide bonds. The van der Waals surface area contributed by atoms with Crippen LogP contribution in [0.1, 0.15) is 187 Å². The molecule has 0 aliphatic rings. The molecule has 3 atom stereocenters. The van der Waals surface area contributed by atoms with Crippen LogP contribution in [0.15, 0.2) is 12.2 Å². The number of hydrogen-bond donors (Lipinski definition) is 2. The summed E-state index contributed by atoms with van der Waals surface area (Å²) in [5.41, 5.74) is 0.